The third-order valence-corrected chi connectivity index (χ3v) is 23.8. The van der Waals surface area contributed by atoms with E-state index in [4.69, 9.17) is 0 Å². The number of aryl methyl sites for hydroxylation is 1. The van der Waals surface area contributed by atoms with E-state index in [-0.39, 0.29) is 54.1 Å². The largest absolute Gasteiger partial charge is 0.260 e. The maximum atomic E-state index is 4.58. The predicted molar refractivity (Wildman–Crippen MR) is 596 cm³/mol. The molecule has 4 aromatic carbocycles. The zero-order chi connectivity index (χ0) is 103. The van der Waals surface area contributed by atoms with Crippen LogP contribution in [0.15, 0.2) is 323 Å². The molecular weight excluding hydrogens is 1730 g/mol. The minimum absolute atomic E-state index is 0.0720. The van der Waals surface area contributed by atoms with Crippen molar-refractivity contribution in [3.63, 3.8) is 0 Å². The molecule has 0 radical (unpaired) electrons. The van der Waals surface area contributed by atoms with Gasteiger partial charge >= 0.3 is 0 Å². The summed E-state index contributed by atoms with van der Waals surface area (Å²) in [4.78, 5) is 69.8. The first-order valence-electron chi connectivity index (χ1n) is 48.9. The number of aromatic nitrogens is 16. The zero-order valence-corrected chi connectivity index (χ0v) is 89.3. The highest BCUT2D eigenvalue weighted by atomic mass is 14.8. The van der Waals surface area contributed by atoms with E-state index in [0.29, 0.717) is 0 Å². The van der Waals surface area contributed by atoms with Gasteiger partial charge in [0.15, 0.2) is 11.3 Å². The Bertz CT molecular complexity index is 6640. The monoisotopic (exact) mass is 1870 g/mol. The molecule has 141 heavy (non-hydrogen) atoms. The lowest BCUT2D eigenvalue weighted by atomic mass is 9.84. The maximum absolute atomic E-state index is 4.58. The van der Waals surface area contributed by atoms with Crippen molar-refractivity contribution in [3.8, 4) is 0 Å². The van der Waals surface area contributed by atoms with Crippen LogP contribution in [-0.2, 0) is 54.1 Å². The van der Waals surface area contributed by atoms with Gasteiger partial charge in [-0.05, 0) is 252 Å². The number of nitrogens with zero attached hydrogens (tertiary/aromatic N) is 16. The lowest BCUT2D eigenvalue weighted by molar-refractivity contribution is 0.571. The second-order valence-electron chi connectivity index (χ2n) is 46.0. The normalized spacial score (nSPS) is 11.9. The molecule has 16 aromatic heterocycles. The van der Waals surface area contributed by atoms with Crippen LogP contribution < -0.4 is 0 Å². The van der Waals surface area contributed by atoms with Gasteiger partial charge in [-0.3, -0.25) is 59.8 Å². The fourth-order valence-corrected chi connectivity index (χ4v) is 15.8. The van der Waals surface area contributed by atoms with Gasteiger partial charge in [0, 0.05) is 147 Å². The molecular formula is C125H146N16. The summed E-state index contributed by atoms with van der Waals surface area (Å²) in [5, 5.41) is 8.41. The fourth-order valence-electron chi connectivity index (χ4n) is 15.8. The molecule has 0 saturated carbocycles. The Labute approximate surface area is 837 Å². The van der Waals surface area contributed by atoms with Gasteiger partial charge in [0.1, 0.15) is 0 Å². The van der Waals surface area contributed by atoms with Crippen molar-refractivity contribution < 1.29 is 0 Å². The van der Waals surface area contributed by atoms with E-state index in [1.54, 1.807) is 24.8 Å². The second kappa shape index (κ2) is 45.4. The summed E-state index contributed by atoms with van der Waals surface area (Å²) in [7, 11) is 0. The van der Waals surface area contributed by atoms with Gasteiger partial charge < -0.3 is 0 Å². The first kappa shape index (κ1) is 107. The summed E-state index contributed by atoms with van der Waals surface area (Å²) in [5.74, 6) is 0. The first-order valence-corrected chi connectivity index (χ1v) is 48.9. The number of hydrogen-bond donors (Lipinski definition) is 0. The summed E-state index contributed by atoms with van der Waals surface area (Å²) >= 11 is 0. The Morgan fingerprint density at radius 1 is 0.177 bits per heavy atom. The van der Waals surface area contributed by atoms with Crippen molar-refractivity contribution in [1.82, 2.24) is 79.7 Å². The average molecular weight is 1870 g/mol. The van der Waals surface area contributed by atoms with Crippen molar-refractivity contribution in [2.75, 3.05) is 0 Å². The molecule has 0 N–H and O–H groups in total. The molecule has 0 spiro atoms. The molecule has 0 bridgehead atoms. The molecule has 0 atom stereocenters. The Kier molecular flexibility index (Phi) is 34.6. The van der Waals surface area contributed by atoms with E-state index in [9.17, 15) is 0 Å². The van der Waals surface area contributed by atoms with Crippen LogP contribution in [-0.4, -0.2) is 79.7 Å². The molecule has 16 heterocycles. The van der Waals surface area contributed by atoms with Gasteiger partial charge in [-0.15, -0.1) is 0 Å². The summed E-state index contributed by atoms with van der Waals surface area (Å²) in [6, 6.07) is 80.2. The van der Waals surface area contributed by atoms with E-state index in [1.807, 2.05) is 166 Å². The Morgan fingerprint density at radius 2 is 0.553 bits per heavy atom. The van der Waals surface area contributed by atoms with E-state index >= 15 is 0 Å². The van der Waals surface area contributed by atoms with E-state index < -0.39 is 0 Å². The number of pyridine rings is 16. The molecule has 0 aliphatic heterocycles. The van der Waals surface area contributed by atoms with Crippen LogP contribution in [0.5, 0.6) is 0 Å². The van der Waals surface area contributed by atoms with Crippen LogP contribution in [0.4, 0.5) is 0 Å². The van der Waals surface area contributed by atoms with Crippen molar-refractivity contribution in [1.29, 1.82) is 0 Å². The highest BCUT2D eigenvalue weighted by Gasteiger charge is 2.25. The Balaban J connectivity index is 0.000000150. The van der Waals surface area contributed by atoms with Crippen LogP contribution in [0.1, 0.15) is 269 Å². The van der Waals surface area contributed by atoms with Gasteiger partial charge in [0.2, 0.25) is 0 Å². The van der Waals surface area contributed by atoms with Gasteiger partial charge in [-0.1, -0.05) is 287 Å². The van der Waals surface area contributed by atoms with Crippen LogP contribution in [0.25, 0.3) is 110 Å². The summed E-state index contributed by atoms with van der Waals surface area (Å²) in [6.07, 6.45) is 25.8. The van der Waals surface area contributed by atoms with Gasteiger partial charge in [-0.25, -0.2) is 19.9 Å². The van der Waals surface area contributed by atoms with Crippen molar-refractivity contribution in [2.24, 2.45) is 0 Å². The third-order valence-electron chi connectivity index (χ3n) is 23.8. The smallest absolute Gasteiger partial charge is 0.159 e. The van der Waals surface area contributed by atoms with Crippen molar-refractivity contribution in [2.45, 2.75) is 269 Å². The molecule has 20 aromatic rings. The van der Waals surface area contributed by atoms with Gasteiger partial charge in [0.05, 0.1) is 66.4 Å². The minimum atomic E-state index is 0.0720. The topological polar surface area (TPSA) is 206 Å². The SMILES string of the molecule is CC(C)(C)c1ccc2ncccc2n1.CC(C)(C)c1cccc2cccnc12.CC(C)(C)c1cccc2ncccc12.CC(C)(C)c1ccnc2cccnc12.CC(C)(C)c1ccnc2ncccc12.CC(C)(C)c1cnc2ccccc2c1.CC(C)(C)c1cnc2cccnc2c1.CC(C)(C)c1cnc2ncccc2c1.CC(C)(C)c1nccc2ncccc12.Cc1ccc2c(C(C)(C)C)cccc2n1. The number of fused-ring (bicyclic) bond motifs is 10. The van der Waals surface area contributed by atoms with Crippen LogP contribution in [0.3, 0.4) is 0 Å². The molecule has 0 amide bonds. The second-order valence-corrected chi connectivity index (χ2v) is 46.0. The number of benzene rings is 4. The lowest BCUT2D eigenvalue weighted by Gasteiger charge is -2.21. The van der Waals surface area contributed by atoms with Crippen molar-refractivity contribution in [3.05, 3.63) is 385 Å². The average Bonchev–Trinajstić information content (AvgIpc) is 0.793. The van der Waals surface area contributed by atoms with E-state index in [1.165, 1.54) is 66.1 Å². The lowest BCUT2D eigenvalue weighted by Crippen LogP contribution is -2.13. The summed E-state index contributed by atoms with van der Waals surface area (Å²) < 4.78 is 0. The van der Waals surface area contributed by atoms with E-state index in [2.05, 4.69) is 427 Å². The molecule has 20 rings (SSSR count). The minimum Gasteiger partial charge on any atom is -0.260 e. The molecule has 0 unspecified atom stereocenters. The number of rotatable bonds is 0. The molecule has 16 nitrogen and oxygen atoms in total. The first-order chi connectivity index (χ1) is 66.2. The Morgan fingerprint density at radius 3 is 1.15 bits per heavy atom. The highest BCUT2D eigenvalue weighted by molar-refractivity contribution is 5.87. The summed E-state index contributed by atoms with van der Waals surface area (Å²) in [6.45, 7) is 68.0. The summed E-state index contributed by atoms with van der Waals surface area (Å²) in [5.41, 5.74) is 28.0. The van der Waals surface area contributed by atoms with Gasteiger partial charge in [-0.2, -0.15) is 0 Å². The quantitative estimate of drug-likeness (QED) is 0.138. The van der Waals surface area contributed by atoms with Crippen LogP contribution in [0, 0.1) is 6.92 Å². The highest BCUT2D eigenvalue weighted by Crippen LogP contribution is 2.36. The molecule has 16 heteroatoms. The molecule has 0 fully saturated rings. The Hall–Kier alpha value is -14.1. The standard InChI is InChI=1S/C14H17N.3C13H15N.6C12H14N2/c1-10-8-9-11-12(14(2,3)4)6-5-7-13(11)15-10;1-13(2,3)11-7-4-8-12-10(11)6-5-9-14-12;1-13(2,3)11-8-4-6-10-7-5-9-14-12(10)11;1-13(2,3)11-8-10-6-4-5-7-12(10)14-9-11;1-12(2,3)11-7-6-9-10(14-11)5-4-8-13-9;1-12(2,3)9-6-8-13-10-5-4-7-14-11(9)10;1-12(2,3)11-9-5-4-7-13-10(9)6-8-14-11;1-12(2,3)10-6-8-14-11-9(10)5-4-7-13-11;1-12(2,3)9-7-11-10(14-8-9)5-4-6-13-11;1-12(2,3)10-7-9-5-4-6-13-11(9)14-8-10/h5-9H,1-4H3;3*4-9H,1-3H3;6*4-8H,1-3H3. The number of para-hydroxylation sites is 2. The third kappa shape index (κ3) is 30.0. The fraction of sp³-hybridized carbons (Fsp3) is 0.328. The molecule has 726 valence electrons. The van der Waals surface area contributed by atoms with Crippen molar-refractivity contribution >= 4 is 110 Å². The molecule has 0 saturated heterocycles. The zero-order valence-electron chi connectivity index (χ0n) is 89.3. The van der Waals surface area contributed by atoms with Crippen LogP contribution in [0.2, 0.25) is 0 Å². The molecule has 0 aliphatic rings. The van der Waals surface area contributed by atoms with Gasteiger partial charge in [0.25, 0.3) is 0 Å². The predicted octanol–water partition coefficient (Wildman–Crippen LogP) is 32.0. The maximum Gasteiger partial charge on any atom is 0.159 e. The number of hydrogen-bond acceptors (Lipinski definition) is 16. The molecule has 0 aliphatic carbocycles. The van der Waals surface area contributed by atoms with Crippen LogP contribution >= 0.6 is 0 Å². The van der Waals surface area contributed by atoms with E-state index in [0.717, 1.165) is 105 Å².